The molecule has 1 aliphatic rings. The molecule has 2 nitrogen and oxygen atoms in total. The maximum absolute atomic E-state index is 6.44. The molecule has 0 aromatic heterocycles. The van der Waals surface area contributed by atoms with Crippen molar-refractivity contribution in [3.63, 3.8) is 0 Å². The Morgan fingerprint density at radius 1 is 1.20 bits per heavy atom. The van der Waals surface area contributed by atoms with Crippen molar-refractivity contribution in [3.8, 4) is 5.75 Å². The van der Waals surface area contributed by atoms with Crippen molar-refractivity contribution >= 4 is 11.8 Å². The third kappa shape index (κ3) is 2.69. The van der Waals surface area contributed by atoms with Crippen LogP contribution in [-0.2, 0) is 6.42 Å². The van der Waals surface area contributed by atoms with Gasteiger partial charge in [0.25, 0.3) is 0 Å². The van der Waals surface area contributed by atoms with Crippen LogP contribution in [0.25, 0.3) is 0 Å². The fraction of sp³-hybridized carbons (Fsp3) is 0.294. The molecule has 3 rings (SSSR count). The zero-order chi connectivity index (χ0) is 13.9. The molecule has 2 N–H and O–H groups in total. The van der Waals surface area contributed by atoms with Gasteiger partial charge in [-0.3, -0.25) is 0 Å². The lowest BCUT2D eigenvalue weighted by Crippen LogP contribution is -2.23. The quantitative estimate of drug-likeness (QED) is 0.928. The Balaban J connectivity index is 1.72. The molecular formula is C17H19NOS. The topological polar surface area (TPSA) is 35.2 Å². The number of ether oxygens (including phenoxy) is 1. The van der Waals surface area contributed by atoms with Crippen LogP contribution >= 0.6 is 11.8 Å². The summed E-state index contributed by atoms with van der Waals surface area (Å²) in [4.78, 5) is 1.37. The molecule has 2 unspecified atom stereocenters. The second kappa shape index (κ2) is 5.90. The summed E-state index contributed by atoms with van der Waals surface area (Å²) >= 11 is 1.90. The first kappa shape index (κ1) is 13.5. The number of fused-ring (bicyclic) bond motifs is 1. The fourth-order valence-corrected chi connectivity index (χ4v) is 3.93. The molecule has 3 heteroatoms. The van der Waals surface area contributed by atoms with Crippen LogP contribution in [0.5, 0.6) is 5.75 Å². The Labute approximate surface area is 124 Å². The molecule has 1 aliphatic heterocycles. The van der Waals surface area contributed by atoms with E-state index in [2.05, 4.69) is 36.4 Å². The van der Waals surface area contributed by atoms with E-state index in [1.54, 1.807) is 0 Å². The van der Waals surface area contributed by atoms with Crippen LogP contribution < -0.4 is 10.5 Å². The zero-order valence-electron chi connectivity index (χ0n) is 11.6. The second-order valence-electron chi connectivity index (χ2n) is 5.00. The Morgan fingerprint density at radius 2 is 1.95 bits per heavy atom. The highest BCUT2D eigenvalue weighted by Gasteiger charge is 2.27. The summed E-state index contributed by atoms with van der Waals surface area (Å²) in [5.74, 6) is 0.908. The predicted octanol–water partition coefficient (Wildman–Crippen LogP) is 3.80. The van der Waals surface area contributed by atoms with Crippen molar-refractivity contribution in [3.05, 3.63) is 59.7 Å². The van der Waals surface area contributed by atoms with Crippen LogP contribution in [0.3, 0.4) is 0 Å². The van der Waals surface area contributed by atoms with Gasteiger partial charge in [0, 0.05) is 16.2 Å². The number of nitrogens with two attached hydrogens (primary N) is 1. The Bertz CT molecular complexity index is 557. The van der Waals surface area contributed by atoms with Crippen molar-refractivity contribution in [1.29, 1.82) is 0 Å². The molecule has 0 saturated carbocycles. The number of hydrogen-bond donors (Lipinski definition) is 1. The molecule has 2 aromatic rings. The van der Waals surface area contributed by atoms with Crippen LogP contribution in [0, 0.1) is 0 Å². The van der Waals surface area contributed by atoms with Gasteiger partial charge in [-0.15, -0.1) is 11.8 Å². The minimum atomic E-state index is 0.0584. The molecule has 20 heavy (non-hydrogen) atoms. The van der Waals surface area contributed by atoms with Crippen molar-refractivity contribution in [1.82, 2.24) is 0 Å². The van der Waals surface area contributed by atoms with Gasteiger partial charge in [-0.2, -0.15) is 0 Å². The highest BCUT2D eigenvalue weighted by Crippen LogP contribution is 2.41. The van der Waals surface area contributed by atoms with Gasteiger partial charge in [-0.1, -0.05) is 30.3 Å². The lowest BCUT2D eigenvalue weighted by atomic mass is 9.99. The minimum absolute atomic E-state index is 0.0584. The normalized spacial score (nSPS) is 18.6. The SMILES string of the molecule is CCOc1ccc(C(N)C2Cc3ccccc3S2)cc1. The molecule has 0 fully saturated rings. The molecule has 0 amide bonds. The largest absolute Gasteiger partial charge is 0.494 e. The zero-order valence-corrected chi connectivity index (χ0v) is 12.4. The smallest absolute Gasteiger partial charge is 0.119 e. The van der Waals surface area contributed by atoms with E-state index in [1.807, 2.05) is 30.8 Å². The molecule has 0 bridgehead atoms. The summed E-state index contributed by atoms with van der Waals surface area (Å²) < 4.78 is 5.47. The average Bonchev–Trinajstić information content (AvgIpc) is 2.91. The fourth-order valence-electron chi connectivity index (χ4n) is 2.58. The van der Waals surface area contributed by atoms with Gasteiger partial charge in [0.2, 0.25) is 0 Å². The third-order valence-electron chi connectivity index (χ3n) is 3.65. The maximum Gasteiger partial charge on any atom is 0.119 e. The van der Waals surface area contributed by atoms with Gasteiger partial charge >= 0.3 is 0 Å². The molecule has 0 radical (unpaired) electrons. The van der Waals surface area contributed by atoms with Crippen LogP contribution in [-0.4, -0.2) is 11.9 Å². The Morgan fingerprint density at radius 3 is 2.65 bits per heavy atom. The van der Waals surface area contributed by atoms with E-state index in [0.717, 1.165) is 12.2 Å². The standard InChI is InChI=1S/C17H19NOS/c1-2-19-14-9-7-12(8-10-14)17(18)16-11-13-5-3-4-6-15(13)20-16/h3-10,16-17H,2,11,18H2,1H3. The maximum atomic E-state index is 6.44. The molecule has 2 atom stereocenters. The third-order valence-corrected chi connectivity index (χ3v) is 5.06. The van der Waals surface area contributed by atoms with Crippen LogP contribution in [0.1, 0.15) is 24.1 Å². The van der Waals surface area contributed by atoms with Gasteiger partial charge < -0.3 is 10.5 Å². The van der Waals surface area contributed by atoms with E-state index in [-0.39, 0.29) is 6.04 Å². The van der Waals surface area contributed by atoms with E-state index in [4.69, 9.17) is 10.5 Å². The van der Waals surface area contributed by atoms with Crippen LogP contribution in [0.4, 0.5) is 0 Å². The second-order valence-corrected chi connectivity index (χ2v) is 6.28. The van der Waals surface area contributed by atoms with Crippen molar-refractivity contribution in [2.45, 2.75) is 29.5 Å². The number of thioether (sulfide) groups is 1. The monoisotopic (exact) mass is 285 g/mol. The number of hydrogen-bond acceptors (Lipinski definition) is 3. The summed E-state index contributed by atoms with van der Waals surface area (Å²) in [6, 6.07) is 16.8. The predicted molar refractivity (Wildman–Crippen MR) is 84.3 cm³/mol. The number of rotatable bonds is 4. The molecule has 0 spiro atoms. The molecule has 2 aromatic carbocycles. The lowest BCUT2D eigenvalue weighted by Gasteiger charge is -2.19. The molecule has 1 heterocycles. The highest BCUT2D eigenvalue weighted by molar-refractivity contribution is 8.00. The molecule has 0 saturated heterocycles. The lowest BCUT2D eigenvalue weighted by molar-refractivity contribution is 0.340. The highest BCUT2D eigenvalue weighted by atomic mass is 32.2. The summed E-state index contributed by atoms with van der Waals surface area (Å²) in [7, 11) is 0. The van der Waals surface area contributed by atoms with E-state index < -0.39 is 0 Å². The van der Waals surface area contributed by atoms with Gasteiger partial charge in [-0.25, -0.2) is 0 Å². The molecule has 104 valence electrons. The first-order chi connectivity index (χ1) is 9.78. The first-order valence-electron chi connectivity index (χ1n) is 7.01. The Kier molecular flexibility index (Phi) is 3.99. The summed E-state index contributed by atoms with van der Waals surface area (Å²) in [6.45, 7) is 2.69. The van der Waals surface area contributed by atoms with E-state index >= 15 is 0 Å². The number of benzene rings is 2. The van der Waals surface area contributed by atoms with Gasteiger partial charge in [-0.05, 0) is 42.7 Å². The molecular weight excluding hydrogens is 266 g/mol. The summed E-state index contributed by atoms with van der Waals surface area (Å²) in [5.41, 5.74) is 9.04. The van der Waals surface area contributed by atoms with Crippen molar-refractivity contribution < 1.29 is 4.74 Å². The van der Waals surface area contributed by atoms with E-state index in [0.29, 0.717) is 11.9 Å². The minimum Gasteiger partial charge on any atom is -0.494 e. The Hall–Kier alpha value is -1.45. The van der Waals surface area contributed by atoms with Crippen molar-refractivity contribution in [2.75, 3.05) is 6.61 Å². The summed E-state index contributed by atoms with van der Waals surface area (Å²) in [5, 5.41) is 0.422. The first-order valence-corrected chi connectivity index (χ1v) is 7.89. The van der Waals surface area contributed by atoms with Gasteiger partial charge in [0.15, 0.2) is 0 Å². The summed E-state index contributed by atoms with van der Waals surface area (Å²) in [6.07, 6.45) is 1.05. The van der Waals surface area contributed by atoms with E-state index in [9.17, 15) is 0 Å². The van der Waals surface area contributed by atoms with Crippen LogP contribution in [0.2, 0.25) is 0 Å². The van der Waals surface area contributed by atoms with Crippen LogP contribution in [0.15, 0.2) is 53.4 Å². The van der Waals surface area contributed by atoms with Gasteiger partial charge in [0.05, 0.1) is 6.61 Å². The average molecular weight is 285 g/mol. The van der Waals surface area contributed by atoms with E-state index in [1.165, 1.54) is 16.0 Å². The molecule has 0 aliphatic carbocycles. The van der Waals surface area contributed by atoms with Crippen molar-refractivity contribution in [2.24, 2.45) is 5.73 Å². The van der Waals surface area contributed by atoms with Gasteiger partial charge in [0.1, 0.15) is 5.75 Å².